The molecule has 0 aliphatic rings. The van der Waals surface area contributed by atoms with Crippen LogP contribution in [0.15, 0.2) is 24.5 Å². The lowest BCUT2D eigenvalue weighted by Crippen LogP contribution is -2.31. The van der Waals surface area contributed by atoms with E-state index in [1.165, 1.54) is 6.20 Å². The van der Waals surface area contributed by atoms with Crippen molar-refractivity contribution in [3.05, 3.63) is 30.1 Å². The van der Waals surface area contributed by atoms with Crippen LogP contribution in [0, 0.1) is 12.3 Å². The lowest BCUT2D eigenvalue weighted by Gasteiger charge is -2.06. The Kier molecular flexibility index (Phi) is 3.04. The Morgan fingerprint density at radius 1 is 1.77 bits per heavy atom. The standard InChI is InChI=1S/C10H10N2O/c1-3-8(2)12-10(13)9-5-4-6-11-7-9/h1,4-8H,2H3,(H,12,13). The fourth-order valence-electron chi connectivity index (χ4n) is 0.819. The SMILES string of the molecule is C#CC(C)NC(=O)c1cccnc1. The maximum Gasteiger partial charge on any atom is 0.253 e. The summed E-state index contributed by atoms with van der Waals surface area (Å²) in [5, 5.41) is 2.63. The van der Waals surface area contributed by atoms with Crippen molar-refractivity contribution in [3.8, 4) is 12.3 Å². The molecule has 0 aliphatic heterocycles. The van der Waals surface area contributed by atoms with Crippen LogP contribution in [0.25, 0.3) is 0 Å². The second-order valence-corrected chi connectivity index (χ2v) is 2.60. The van der Waals surface area contributed by atoms with Crippen molar-refractivity contribution in [3.63, 3.8) is 0 Å². The Labute approximate surface area is 77.2 Å². The van der Waals surface area contributed by atoms with Crippen molar-refractivity contribution in [1.82, 2.24) is 10.3 Å². The summed E-state index contributed by atoms with van der Waals surface area (Å²) in [6, 6.07) is 3.13. The van der Waals surface area contributed by atoms with Gasteiger partial charge in [0.2, 0.25) is 0 Å². The molecule has 1 rings (SSSR count). The van der Waals surface area contributed by atoms with E-state index in [1.54, 1.807) is 25.3 Å². The molecule has 1 aromatic heterocycles. The number of aromatic nitrogens is 1. The van der Waals surface area contributed by atoms with Crippen LogP contribution in [0.5, 0.6) is 0 Å². The number of amides is 1. The topological polar surface area (TPSA) is 42.0 Å². The first-order chi connectivity index (χ1) is 6.24. The minimum absolute atomic E-state index is 0.196. The molecule has 0 fully saturated rings. The number of carbonyl (C=O) groups is 1. The third-order valence-corrected chi connectivity index (χ3v) is 1.52. The zero-order valence-electron chi connectivity index (χ0n) is 7.32. The van der Waals surface area contributed by atoms with Gasteiger partial charge in [-0.15, -0.1) is 6.42 Å². The molecule has 3 heteroatoms. The lowest BCUT2D eigenvalue weighted by molar-refractivity contribution is 0.0948. The van der Waals surface area contributed by atoms with Crippen molar-refractivity contribution in [2.45, 2.75) is 13.0 Å². The second-order valence-electron chi connectivity index (χ2n) is 2.60. The number of hydrogen-bond acceptors (Lipinski definition) is 2. The van der Waals surface area contributed by atoms with Gasteiger partial charge in [-0.1, -0.05) is 5.92 Å². The van der Waals surface area contributed by atoms with Gasteiger partial charge in [0.25, 0.3) is 5.91 Å². The van der Waals surface area contributed by atoms with Gasteiger partial charge in [-0.25, -0.2) is 0 Å². The van der Waals surface area contributed by atoms with E-state index in [4.69, 9.17) is 6.42 Å². The van der Waals surface area contributed by atoms with Crippen LogP contribution in [-0.2, 0) is 0 Å². The molecule has 0 saturated carbocycles. The summed E-state index contributed by atoms with van der Waals surface area (Å²) in [5.74, 6) is 2.22. The Morgan fingerprint density at radius 2 is 2.54 bits per heavy atom. The summed E-state index contributed by atoms with van der Waals surface area (Å²) in [4.78, 5) is 15.2. The highest BCUT2D eigenvalue weighted by molar-refractivity contribution is 5.94. The molecular formula is C10H10N2O. The van der Waals surface area contributed by atoms with Crippen molar-refractivity contribution >= 4 is 5.91 Å². The highest BCUT2D eigenvalue weighted by Gasteiger charge is 2.06. The quantitative estimate of drug-likeness (QED) is 0.675. The lowest BCUT2D eigenvalue weighted by atomic mass is 10.2. The summed E-state index contributed by atoms with van der Waals surface area (Å²) in [6.45, 7) is 1.74. The van der Waals surface area contributed by atoms with E-state index in [2.05, 4.69) is 16.2 Å². The van der Waals surface area contributed by atoms with Gasteiger partial charge in [0.05, 0.1) is 11.6 Å². The minimum Gasteiger partial charge on any atom is -0.339 e. The summed E-state index contributed by atoms with van der Waals surface area (Å²) in [5.41, 5.74) is 0.518. The Balaban J connectivity index is 2.66. The third kappa shape index (κ3) is 2.60. The van der Waals surface area contributed by atoms with E-state index in [-0.39, 0.29) is 11.9 Å². The van der Waals surface area contributed by atoms with Crippen LogP contribution >= 0.6 is 0 Å². The Morgan fingerprint density at radius 3 is 3.08 bits per heavy atom. The van der Waals surface area contributed by atoms with Gasteiger partial charge < -0.3 is 5.32 Å². The molecule has 1 aromatic rings. The van der Waals surface area contributed by atoms with Crippen molar-refractivity contribution in [2.75, 3.05) is 0 Å². The first-order valence-electron chi connectivity index (χ1n) is 3.91. The predicted molar refractivity (Wildman–Crippen MR) is 50.0 cm³/mol. The first kappa shape index (κ1) is 9.27. The van der Waals surface area contributed by atoms with Crippen LogP contribution in [-0.4, -0.2) is 16.9 Å². The summed E-state index contributed by atoms with van der Waals surface area (Å²) in [7, 11) is 0. The molecule has 0 aromatic carbocycles. The van der Waals surface area contributed by atoms with Gasteiger partial charge in [-0.3, -0.25) is 9.78 Å². The molecule has 0 saturated heterocycles. The number of terminal acetylenes is 1. The molecule has 0 bridgehead atoms. The van der Waals surface area contributed by atoms with E-state index in [9.17, 15) is 4.79 Å². The predicted octanol–water partition coefficient (Wildman–Crippen LogP) is 0.833. The molecular weight excluding hydrogens is 164 g/mol. The maximum atomic E-state index is 11.4. The van der Waals surface area contributed by atoms with E-state index in [0.717, 1.165) is 0 Å². The van der Waals surface area contributed by atoms with Crippen LogP contribution in [0.4, 0.5) is 0 Å². The Bertz CT molecular complexity index is 327. The number of nitrogens with zero attached hydrogens (tertiary/aromatic N) is 1. The molecule has 1 amide bonds. The third-order valence-electron chi connectivity index (χ3n) is 1.52. The molecule has 1 atom stereocenters. The van der Waals surface area contributed by atoms with Crippen LogP contribution in [0.3, 0.4) is 0 Å². The fourth-order valence-corrected chi connectivity index (χ4v) is 0.819. The molecule has 0 aliphatic carbocycles. The first-order valence-corrected chi connectivity index (χ1v) is 3.91. The zero-order chi connectivity index (χ0) is 9.68. The van der Waals surface area contributed by atoms with E-state index < -0.39 is 0 Å². The molecule has 3 nitrogen and oxygen atoms in total. The molecule has 1 N–H and O–H groups in total. The second kappa shape index (κ2) is 4.27. The molecule has 0 radical (unpaired) electrons. The van der Waals surface area contributed by atoms with Crippen LogP contribution in [0.2, 0.25) is 0 Å². The Hall–Kier alpha value is -1.82. The number of nitrogens with one attached hydrogen (secondary N) is 1. The van der Waals surface area contributed by atoms with Gasteiger partial charge in [0, 0.05) is 12.4 Å². The van der Waals surface area contributed by atoms with Crippen LogP contribution < -0.4 is 5.32 Å². The smallest absolute Gasteiger partial charge is 0.253 e. The van der Waals surface area contributed by atoms with Gasteiger partial charge >= 0.3 is 0 Å². The highest BCUT2D eigenvalue weighted by atomic mass is 16.1. The monoisotopic (exact) mass is 174 g/mol. The molecule has 13 heavy (non-hydrogen) atoms. The van der Waals surface area contributed by atoms with E-state index in [0.29, 0.717) is 5.56 Å². The largest absolute Gasteiger partial charge is 0.339 e. The average molecular weight is 174 g/mol. The number of hydrogen-bond donors (Lipinski definition) is 1. The van der Waals surface area contributed by atoms with Gasteiger partial charge in [0.1, 0.15) is 0 Å². The van der Waals surface area contributed by atoms with Gasteiger partial charge in [-0.05, 0) is 19.1 Å². The average Bonchev–Trinajstić information content (AvgIpc) is 2.19. The van der Waals surface area contributed by atoms with Crippen molar-refractivity contribution in [2.24, 2.45) is 0 Å². The summed E-state index contributed by atoms with van der Waals surface area (Å²) in [6.07, 6.45) is 8.23. The molecule has 1 heterocycles. The molecule has 1 unspecified atom stereocenters. The van der Waals surface area contributed by atoms with E-state index in [1.807, 2.05) is 0 Å². The van der Waals surface area contributed by atoms with E-state index >= 15 is 0 Å². The van der Waals surface area contributed by atoms with Crippen LogP contribution in [0.1, 0.15) is 17.3 Å². The number of pyridine rings is 1. The van der Waals surface area contributed by atoms with Gasteiger partial charge in [0.15, 0.2) is 0 Å². The summed E-state index contributed by atoms with van der Waals surface area (Å²) >= 11 is 0. The number of rotatable bonds is 2. The minimum atomic E-state index is -0.257. The van der Waals surface area contributed by atoms with Crippen molar-refractivity contribution < 1.29 is 4.79 Å². The van der Waals surface area contributed by atoms with Gasteiger partial charge in [-0.2, -0.15) is 0 Å². The zero-order valence-corrected chi connectivity index (χ0v) is 7.32. The molecule has 66 valence electrons. The maximum absolute atomic E-state index is 11.4. The normalized spacial score (nSPS) is 11.4. The summed E-state index contributed by atoms with van der Waals surface area (Å²) < 4.78 is 0. The molecule has 0 spiro atoms. The number of carbonyl (C=O) groups excluding carboxylic acids is 1. The highest BCUT2D eigenvalue weighted by Crippen LogP contribution is 1.95. The fraction of sp³-hybridized carbons (Fsp3) is 0.200. The van der Waals surface area contributed by atoms with Crippen molar-refractivity contribution in [1.29, 1.82) is 0 Å².